The Bertz CT molecular complexity index is 965. The molecule has 2 atom stereocenters. The number of fused-ring (bicyclic) bond motifs is 2. The lowest BCUT2D eigenvalue weighted by molar-refractivity contribution is -0.120. The standard InChI is InChI=1S/C18H17ClN4O2S/c19-14-7-10-6-13(22-18(10)26-14)17(25)21-12-5-9-3-1-2-4-11(9)16(12)23-15(24)8-20/h1-4,6-7,12,16,22H,5,8,20H2,(H,21,25)(H,23,24)/t12-,16+/m1/s1. The van der Waals surface area contributed by atoms with Crippen molar-refractivity contribution in [1.29, 1.82) is 0 Å². The highest BCUT2D eigenvalue weighted by Gasteiger charge is 2.34. The van der Waals surface area contributed by atoms with Crippen LogP contribution in [0.3, 0.4) is 0 Å². The number of aromatic nitrogens is 1. The van der Waals surface area contributed by atoms with Gasteiger partial charge in [-0.15, -0.1) is 11.3 Å². The first-order valence-corrected chi connectivity index (χ1v) is 9.40. The van der Waals surface area contributed by atoms with E-state index in [1.165, 1.54) is 11.3 Å². The fourth-order valence-corrected chi connectivity index (χ4v) is 4.53. The number of benzene rings is 1. The van der Waals surface area contributed by atoms with E-state index in [9.17, 15) is 9.59 Å². The van der Waals surface area contributed by atoms with Crippen molar-refractivity contribution in [3.63, 3.8) is 0 Å². The molecule has 0 aliphatic heterocycles. The van der Waals surface area contributed by atoms with Crippen molar-refractivity contribution in [1.82, 2.24) is 15.6 Å². The van der Waals surface area contributed by atoms with Gasteiger partial charge in [0.15, 0.2) is 0 Å². The zero-order valence-corrected chi connectivity index (χ0v) is 15.3. The molecule has 0 unspecified atom stereocenters. The van der Waals surface area contributed by atoms with Crippen LogP contribution in [0.5, 0.6) is 0 Å². The number of nitrogens with one attached hydrogen (secondary N) is 3. The lowest BCUT2D eigenvalue weighted by atomic mass is 10.1. The van der Waals surface area contributed by atoms with E-state index in [0.29, 0.717) is 16.5 Å². The van der Waals surface area contributed by atoms with E-state index in [1.54, 1.807) is 6.07 Å². The molecular weight excluding hydrogens is 372 g/mol. The van der Waals surface area contributed by atoms with Gasteiger partial charge in [0.1, 0.15) is 10.5 Å². The lowest BCUT2D eigenvalue weighted by Gasteiger charge is -2.22. The second-order valence-corrected chi connectivity index (χ2v) is 7.93. The SMILES string of the molecule is NCC(=O)N[C@H]1c2ccccc2C[C@H]1NC(=O)c1cc2cc(Cl)sc2[nH]1. The number of hydrogen-bond acceptors (Lipinski definition) is 4. The molecule has 2 aromatic heterocycles. The smallest absolute Gasteiger partial charge is 0.268 e. The maximum atomic E-state index is 12.7. The molecule has 26 heavy (non-hydrogen) atoms. The Morgan fingerprint density at radius 2 is 2.08 bits per heavy atom. The summed E-state index contributed by atoms with van der Waals surface area (Å²) in [5.41, 5.74) is 8.04. The Morgan fingerprint density at radius 1 is 1.27 bits per heavy atom. The summed E-state index contributed by atoms with van der Waals surface area (Å²) in [5, 5.41) is 6.86. The van der Waals surface area contributed by atoms with Crippen molar-refractivity contribution in [2.75, 3.05) is 6.54 Å². The minimum Gasteiger partial charge on any atom is -0.346 e. The summed E-state index contributed by atoms with van der Waals surface area (Å²) in [7, 11) is 0. The Kier molecular flexibility index (Phi) is 4.44. The molecule has 0 bridgehead atoms. The van der Waals surface area contributed by atoms with E-state index in [-0.39, 0.29) is 30.4 Å². The summed E-state index contributed by atoms with van der Waals surface area (Å²) >= 11 is 7.37. The molecule has 6 nitrogen and oxygen atoms in total. The molecule has 0 spiro atoms. The molecule has 2 heterocycles. The van der Waals surface area contributed by atoms with Crippen LogP contribution in [-0.2, 0) is 11.2 Å². The van der Waals surface area contributed by atoms with Gasteiger partial charge in [-0.25, -0.2) is 0 Å². The number of H-pyrrole nitrogens is 1. The molecule has 1 aliphatic rings. The summed E-state index contributed by atoms with van der Waals surface area (Å²) in [6.07, 6.45) is 0.651. The minimum absolute atomic E-state index is 0.0903. The predicted molar refractivity (Wildman–Crippen MR) is 103 cm³/mol. The number of carbonyl (C=O) groups is 2. The number of carbonyl (C=O) groups excluding carboxylic acids is 2. The first kappa shape index (κ1) is 17.1. The molecule has 1 aromatic carbocycles. The summed E-state index contributed by atoms with van der Waals surface area (Å²) in [5.74, 6) is -0.463. The molecule has 1 aliphatic carbocycles. The molecule has 134 valence electrons. The Labute approximate surface area is 158 Å². The van der Waals surface area contributed by atoms with Crippen molar-refractivity contribution in [2.24, 2.45) is 5.73 Å². The van der Waals surface area contributed by atoms with Gasteiger partial charge in [-0.3, -0.25) is 9.59 Å². The molecule has 3 aromatic rings. The first-order valence-electron chi connectivity index (χ1n) is 8.21. The molecule has 2 amide bonds. The summed E-state index contributed by atoms with van der Waals surface area (Å²) in [6.45, 7) is -0.0903. The van der Waals surface area contributed by atoms with Crippen molar-refractivity contribution in [3.05, 3.63) is 57.6 Å². The van der Waals surface area contributed by atoms with Crippen LogP contribution in [0, 0.1) is 0 Å². The van der Waals surface area contributed by atoms with Crippen LogP contribution < -0.4 is 16.4 Å². The van der Waals surface area contributed by atoms with Gasteiger partial charge < -0.3 is 21.4 Å². The highest BCUT2D eigenvalue weighted by Crippen LogP contribution is 2.32. The van der Waals surface area contributed by atoms with Crippen LogP contribution >= 0.6 is 22.9 Å². The van der Waals surface area contributed by atoms with Crippen LogP contribution in [0.15, 0.2) is 36.4 Å². The van der Waals surface area contributed by atoms with Gasteiger partial charge in [-0.05, 0) is 29.7 Å². The van der Waals surface area contributed by atoms with E-state index in [1.807, 2.05) is 30.3 Å². The second-order valence-electron chi connectivity index (χ2n) is 6.25. The van der Waals surface area contributed by atoms with Gasteiger partial charge in [0.25, 0.3) is 5.91 Å². The average Bonchev–Trinajstić information content (AvgIpc) is 3.26. The van der Waals surface area contributed by atoms with Gasteiger partial charge in [-0.2, -0.15) is 0 Å². The second kappa shape index (κ2) is 6.75. The normalized spacial score (nSPS) is 18.7. The first-order chi connectivity index (χ1) is 12.5. The van der Waals surface area contributed by atoms with E-state index >= 15 is 0 Å². The largest absolute Gasteiger partial charge is 0.346 e. The molecule has 5 N–H and O–H groups in total. The quantitative estimate of drug-likeness (QED) is 0.552. The zero-order chi connectivity index (χ0) is 18.3. The number of aromatic amines is 1. The fraction of sp³-hybridized carbons (Fsp3) is 0.222. The maximum absolute atomic E-state index is 12.7. The molecule has 0 fully saturated rings. The minimum atomic E-state index is -0.295. The predicted octanol–water partition coefficient (Wildman–Crippen LogP) is 2.35. The van der Waals surface area contributed by atoms with Crippen LogP contribution in [0.1, 0.15) is 27.7 Å². The van der Waals surface area contributed by atoms with Crippen LogP contribution in [0.2, 0.25) is 4.34 Å². The third-order valence-corrected chi connectivity index (χ3v) is 5.77. The summed E-state index contributed by atoms with van der Waals surface area (Å²) in [6, 6.07) is 10.9. The highest BCUT2D eigenvalue weighted by molar-refractivity contribution is 7.22. The summed E-state index contributed by atoms with van der Waals surface area (Å²) < 4.78 is 0.675. The number of nitrogens with two attached hydrogens (primary N) is 1. The Balaban J connectivity index is 1.56. The molecule has 0 saturated carbocycles. The third kappa shape index (κ3) is 3.09. The summed E-state index contributed by atoms with van der Waals surface area (Å²) in [4.78, 5) is 28.5. The number of thiophene rings is 1. The van der Waals surface area contributed by atoms with Gasteiger partial charge in [0.2, 0.25) is 5.91 Å². The van der Waals surface area contributed by atoms with Crippen molar-refractivity contribution in [3.8, 4) is 0 Å². The number of halogens is 1. The molecule has 8 heteroatoms. The average molecular weight is 389 g/mol. The topological polar surface area (TPSA) is 100 Å². The van der Waals surface area contributed by atoms with Gasteiger partial charge >= 0.3 is 0 Å². The zero-order valence-electron chi connectivity index (χ0n) is 13.7. The lowest BCUT2D eigenvalue weighted by Crippen LogP contribution is -2.45. The van der Waals surface area contributed by atoms with Crippen molar-refractivity contribution < 1.29 is 9.59 Å². The molecular formula is C18H17ClN4O2S. The monoisotopic (exact) mass is 388 g/mol. The maximum Gasteiger partial charge on any atom is 0.268 e. The van der Waals surface area contributed by atoms with Crippen LogP contribution in [0.4, 0.5) is 0 Å². The number of rotatable bonds is 4. The van der Waals surface area contributed by atoms with Crippen molar-refractivity contribution >= 4 is 45.0 Å². The van der Waals surface area contributed by atoms with Crippen molar-refractivity contribution in [2.45, 2.75) is 18.5 Å². The molecule has 4 rings (SSSR count). The van der Waals surface area contributed by atoms with E-state index in [4.69, 9.17) is 17.3 Å². The Hall–Kier alpha value is -2.35. The molecule has 0 saturated heterocycles. The number of hydrogen-bond donors (Lipinski definition) is 4. The van der Waals surface area contributed by atoms with E-state index < -0.39 is 0 Å². The number of amides is 2. The fourth-order valence-electron chi connectivity index (χ4n) is 3.40. The highest BCUT2D eigenvalue weighted by atomic mass is 35.5. The Morgan fingerprint density at radius 3 is 2.85 bits per heavy atom. The van der Waals surface area contributed by atoms with E-state index in [0.717, 1.165) is 21.3 Å². The van der Waals surface area contributed by atoms with Gasteiger partial charge in [-0.1, -0.05) is 35.9 Å². The third-order valence-electron chi connectivity index (χ3n) is 4.57. The van der Waals surface area contributed by atoms with E-state index in [2.05, 4.69) is 15.6 Å². The van der Waals surface area contributed by atoms with Gasteiger partial charge in [0.05, 0.1) is 23.0 Å². The van der Waals surface area contributed by atoms with Crippen LogP contribution in [-0.4, -0.2) is 29.4 Å². The van der Waals surface area contributed by atoms with Gasteiger partial charge in [0, 0.05) is 5.39 Å². The van der Waals surface area contributed by atoms with Crippen LogP contribution in [0.25, 0.3) is 10.2 Å². The molecule has 0 radical (unpaired) electrons.